The van der Waals surface area contributed by atoms with Crippen molar-refractivity contribution in [2.24, 2.45) is 0 Å². The summed E-state index contributed by atoms with van der Waals surface area (Å²) in [6.07, 6.45) is 0.742. The van der Waals surface area contributed by atoms with E-state index in [1.807, 2.05) is 6.92 Å². The van der Waals surface area contributed by atoms with Crippen LogP contribution < -0.4 is 9.47 Å². The lowest BCUT2D eigenvalue weighted by atomic mass is 10.0. The van der Waals surface area contributed by atoms with Crippen molar-refractivity contribution in [1.29, 1.82) is 0 Å². The third-order valence-corrected chi connectivity index (χ3v) is 2.70. The number of hydrogen-bond acceptors (Lipinski definition) is 4. The van der Waals surface area contributed by atoms with Crippen molar-refractivity contribution in [3.05, 3.63) is 23.8 Å². The Labute approximate surface area is 108 Å². The third kappa shape index (κ3) is 3.47. The molecule has 4 heteroatoms. The Bertz CT molecular complexity index is 379. The monoisotopic (exact) mass is 252 g/mol. The van der Waals surface area contributed by atoms with E-state index in [0.717, 1.165) is 12.0 Å². The van der Waals surface area contributed by atoms with E-state index < -0.39 is 6.10 Å². The number of ether oxygens (including phenoxy) is 3. The van der Waals surface area contributed by atoms with Crippen molar-refractivity contribution in [1.82, 2.24) is 0 Å². The van der Waals surface area contributed by atoms with Crippen LogP contribution in [0.2, 0.25) is 0 Å². The van der Waals surface area contributed by atoms with Gasteiger partial charge in [0.2, 0.25) is 0 Å². The zero-order chi connectivity index (χ0) is 13.5. The second-order valence-electron chi connectivity index (χ2n) is 3.98. The Kier molecular flexibility index (Phi) is 5.65. The van der Waals surface area contributed by atoms with Crippen molar-refractivity contribution in [3.8, 4) is 11.5 Å². The van der Waals surface area contributed by atoms with Gasteiger partial charge in [-0.25, -0.2) is 0 Å². The van der Waals surface area contributed by atoms with E-state index in [1.54, 1.807) is 32.4 Å². The highest BCUT2D eigenvalue weighted by Gasteiger charge is 2.20. The average Bonchev–Trinajstić information content (AvgIpc) is 2.39. The minimum atomic E-state index is -0.561. The van der Waals surface area contributed by atoms with Crippen LogP contribution in [0.3, 0.4) is 0 Å². The van der Waals surface area contributed by atoms with Gasteiger partial charge in [-0.3, -0.25) is 4.79 Å². The molecule has 18 heavy (non-hydrogen) atoms. The number of ketones is 1. The van der Waals surface area contributed by atoms with Crippen molar-refractivity contribution >= 4 is 5.78 Å². The summed E-state index contributed by atoms with van der Waals surface area (Å²) >= 11 is 0. The molecule has 0 bridgehead atoms. The minimum absolute atomic E-state index is 0.0651. The van der Waals surface area contributed by atoms with Gasteiger partial charge < -0.3 is 14.2 Å². The van der Waals surface area contributed by atoms with E-state index in [2.05, 4.69) is 0 Å². The average molecular weight is 252 g/mol. The van der Waals surface area contributed by atoms with Crippen LogP contribution >= 0.6 is 0 Å². The van der Waals surface area contributed by atoms with E-state index in [-0.39, 0.29) is 5.78 Å². The highest BCUT2D eigenvalue weighted by Crippen LogP contribution is 2.29. The first-order valence-corrected chi connectivity index (χ1v) is 5.94. The van der Waals surface area contributed by atoms with Gasteiger partial charge in [0.05, 0.1) is 14.2 Å². The summed E-state index contributed by atoms with van der Waals surface area (Å²) in [5.74, 6) is 1.36. The summed E-state index contributed by atoms with van der Waals surface area (Å²) in [4.78, 5) is 12.0. The van der Waals surface area contributed by atoms with Gasteiger partial charge in [0, 0.05) is 19.6 Å². The summed E-state index contributed by atoms with van der Waals surface area (Å²) in [6, 6.07) is 5.36. The molecule has 100 valence electrons. The molecule has 1 aromatic rings. The molecule has 0 heterocycles. The highest BCUT2D eigenvalue weighted by molar-refractivity contribution is 5.84. The topological polar surface area (TPSA) is 44.8 Å². The molecule has 0 aliphatic rings. The molecule has 0 aliphatic heterocycles. The maximum atomic E-state index is 12.0. The number of benzene rings is 1. The number of Topliss-reactive ketones (excluding diaryl/α,β-unsaturated/α-hetero) is 1. The van der Waals surface area contributed by atoms with Crippen molar-refractivity contribution in [2.75, 3.05) is 21.3 Å². The SMILES string of the molecule is CCCC(=O)C(OC)c1cc(OC)cc(OC)c1. The molecular formula is C14H20O4. The lowest BCUT2D eigenvalue weighted by molar-refractivity contribution is -0.129. The van der Waals surface area contributed by atoms with E-state index >= 15 is 0 Å². The Hall–Kier alpha value is -1.55. The van der Waals surface area contributed by atoms with Gasteiger partial charge in [0.25, 0.3) is 0 Å². The lowest BCUT2D eigenvalue weighted by Crippen LogP contribution is -2.14. The molecule has 0 fully saturated rings. The molecule has 0 N–H and O–H groups in total. The molecular weight excluding hydrogens is 232 g/mol. The fraction of sp³-hybridized carbons (Fsp3) is 0.500. The summed E-state index contributed by atoms with van der Waals surface area (Å²) in [6.45, 7) is 1.97. The van der Waals surface area contributed by atoms with Crippen LogP contribution in [-0.2, 0) is 9.53 Å². The quantitative estimate of drug-likeness (QED) is 0.748. The lowest BCUT2D eigenvalue weighted by Gasteiger charge is -2.16. The van der Waals surface area contributed by atoms with Crippen LogP contribution in [0.15, 0.2) is 18.2 Å². The molecule has 1 rings (SSSR count). The second-order valence-corrected chi connectivity index (χ2v) is 3.98. The maximum absolute atomic E-state index is 12.0. The summed E-state index contributed by atoms with van der Waals surface area (Å²) in [5, 5.41) is 0. The van der Waals surface area contributed by atoms with Gasteiger partial charge in [-0.2, -0.15) is 0 Å². The zero-order valence-corrected chi connectivity index (χ0v) is 11.4. The van der Waals surface area contributed by atoms with Crippen molar-refractivity contribution < 1.29 is 19.0 Å². The summed E-state index contributed by atoms with van der Waals surface area (Å²) in [7, 11) is 4.69. The molecule has 1 aromatic carbocycles. The predicted molar refractivity (Wildman–Crippen MR) is 69.2 cm³/mol. The smallest absolute Gasteiger partial charge is 0.166 e. The fourth-order valence-corrected chi connectivity index (χ4v) is 1.81. The van der Waals surface area contributed by atoms with Crippen LogP contribution in [0.1, 0.15) is 31.4 Å². The minimum Gasteiger partial charge on any atom is -0.497 e. The predicted octanol–water partition coefficient (Wildman–Crippen LogP) is 2.76. The van der Waals surface area contributed by atoms with E-state index in [4.69, 9.17) is 14.2 Å². The van der Waals surface area contributed by atoms with E-state index in [9.17, 15) is 4.79 Å². The van der Waals surface area contributed by atoms with Gasteiger partial charge in [-0.1, -0.05) is 6.92 Å². The summed E-state index contributed by atoms with van der Waals surface area (Å²) < 4.78 is 15.7. The molecule has 0 aromatic heterocycles. The number of carbonyl (C=O) groups excluding carboxylic acids is 1. The Morgan fingerprint density at radius 3 is 2.06 bits per heavy atom. The van der Waals surface area contributed by atoms with Gasteiger partial charge in [0.1, 0.15) is 17.6 Å². The van der Waals surface area contributed by atoms with Crippen LogP contribution in [0, 0.1) is 0 Å². The molecule has 1 atom stereocenters. The number of methoxy groups -OCH3 is 3. The molecule has 0 amide bonds. The maximum Gasteiger partial charge on any atom is 0.166 e. The highest BCUT2D eigenvalue weighted by atomic mass is 16.5. The molecule has 0 saturated carbocycles. The summed E-state index contributed by atoms with van der Waals surface area (Å²) in [5.41, 5.74) is 0.757. The Morgan fingerprint density at radius 1 is 1.11 bits per heavy atom. The molecule has 0 saturated heterocycles. The number of rotatable bonds is 7. The van der Waals surface area contributed by atoms with Crippen LogP contribution in [0.5, 0.6) is 11.5 Å². The molecule has 0 aliphatic carbocycles. The first-order chi connectivity index (χ1) is 8.65. The van der Waals surface area contributed by atoms with Crippen LogP contribution in [-0.4, -0.2) is 27.1 Å². The number of carbonyl (C=O) groups is 1. The van der Waals surface area contributed by atoms with Crippen molar-refractivity contribution in [2.45, 2.75) is 25.9 Å². The second kappa shape index (κ2) is 7.01. The Morgan fingerprint density at radius 2 is 1.67 bits per heavy atom. The van der Waals surface area contributed by atoms with Gasteiger partial charge in [-0.15, -0.1) is 0 Å². The molecule has 4 nitrogen and oxygen atoms in total. The van der Waals surface area contributed by atoms with E-state index in [1.165, 1.54) is 7.11 Å². The van der Waals surface area contributed by atoms with Crippen LogP contribution in [0.4, 0.5) is 0 Å². The normalized spacial score (nSPS) is 12.0. The largest absolute Gasteiger partial charge is 0.497 e. The fourth-order valence-electron chi connectivity index (χ4n) is 1.81. The van der Waals surface area contributed by atoms with E-state index in [0.29, 0.717) is 17.9 Å². The first-order valence-electron chi connectivity index (χ1n) is 5.94. The third-order valence-electron chi connectivity index (χ3n) is 2.70. The molecule has 1 unspecified atom stereocenters. The van der Waals surface area contributed by atoms with Crippen molar-refractivity contribution in [3.63, 3.8) is 0 Å². The zero-order valence-electron chi connectivity index (χ0n) is 11.4. The molecule has 0 radical (unpaired) electrons. The van der Waals surface area contributed by atoms with Crippen LogP contribution in [0.25, 0.3) is 0 Å². The number of hydrogen-bond donors (Lipinski definition) is 0. The van der Waals surface area contributed by atoms with Gasteiger partial charge >= 0.3 is 0 Å². The van der Waals surface area contributed by atoms with Gasteiger partial charge in [-0.05, 0) is 24.1 Å². The Balaban J connectivity index is 3.07. The standard InChI is InChI=1S/C14H20O4/c1-5-6-13(15)14(18-4)10-7-11(16-2)9-12(8-10)17-3/h7-9,14H,5-6H2,1-4H3. The first kappa shape index (κ1) is 14.5. The van der Waals surface area contributed by atoms with Gasteiger partial charge in [0.15, 0.2) is 5.78 Å². The molecule has 0 spiro atoms.